The third-order valence-corrected chi connectivity index (χ3v) is 7.76. The maximum Gasteiger partial charge on any atom is 0.141 e. The highest BCUT2D eigenvalue weighted by Crippen LogP contribution is 2.62. The van der Waals surface area contributed by atoms with Gasteiger partial charge >= 0.3 is 0 Å². The second-order valence-electron chi connectivity index (χ2n) is 8.93. The van der Waals surface area contributed by atoms with Crippen LogP contribution >= 0.6 is 20.8 Å². The van der Waals surface area contributed by atoms with Gasteiger partial charge in [-0.3, -0.25) is 4.98 Å². The molecule has 0 aliphatic carbocycles. The number of piperidine rings is 1. The van der Waals surface area contributed by atoms with Gasteiger partial charge in [-0.2, -0.15) is 0 Å². The Balaban J connectivity index is 0.000000256. The van der Waals surface area contributed by atoms with Gasteiger partial charge in [0.25, 0.3) is 0 Å². The summed E-state index contributed by atoms with van der Waals surface area (Å²) < 4.78 is 26.2. The van der Waals surface area contributed by atoms with Gasteiger partial charge in [0, 0.05) is 54.1 Å². The maximum atomic E-state index is 13.6. The molecule has 36 heavy (non-hydrogen) atoms. The summed E-state index contributed by atoms with van der Waals surface area (Å²) in [5, 5.41) is 3.63. The van der Waals surface area contributed by atoms with Crippen molar-refractivity contribution in [2.24, 2.45) is 5.41 Å². The van der Waals surface area contributed by atoms with Crippen LogP contribution in [0, 0.1) is 17.0 Å². The van der Waals surface area contributed by atoms with Crippen LogP contribution in [0.4, 0.5) is 20.2 Å². The van der Waals surface area contributed by atoms with E-state index in [2.05, 4.69) is 48.6 Å². The van der Waals surface area contributed by atoms with Crippen molar-refractivity contribution in [2.45, 2.75) is 18.9 Å². The Morgan fingerprint density at radius 1 is 1.11 bits per heavy atom. The molecule has 0 saturated carbocycles. The van der Waals surface area contributed by atoms with E-state index in [0.717, 1.165) is 48.7 Å². The summed E-state index contributed by atoms with van der Waals surface area (Å²) in [5.41, 5.74) is 3.81. The van der Waals surface area contributed by atoms with E-state index in [1.807, 2.05) is 24.5 Å². The number of pyridine rings is 1. The van der Waals surface area contributed by atoms with Crippen molar-refractivity contribution in [3.63, 3.8) is 0 Å². The van der Waals surface area contributed by atoms with Crippen LogP contribution in [0.3, 0.4) is 0 Å². The predicted molar refractivity (Wildman–Crippen MR) is 149 cm³/mol. The summed E-state index contributed by atoms with van der Waals surface area (Å²) in [6, 6.07) is 15.8. The molecule has 2 aliphatic heterocycles. The lowest BCUT2D eigenvalue weighted by molar-refractivity contribution is 0.0881. The zero-order valence-electron chi connectivity index (χ0n) is 20.2. The minimum Gasteiger partial charge on any atom is -0.388 e. The maximum absolute atomic E-state index is 13.6. The van der Waals surface area contributed by atoms with Gasteiger partial charge in [-0.05, 0) is 67.6 Å². The van der Waals surface area contributed by atoms with E-state index in [0.29, 0.717) is 5.30 Å². The number of hydrogen-bond donors (Lipinski definition) is 1. The second kappa shape index (κ2) is 11.0. The number of rotatable bonds is 4. The largest absolute Gasteiger partial charge is 0.388 e. The minimum absolute atomic E-state index is 0.0330. The number of nitrogens with zero attached hydrogens (tertiary/aromatic N) is 3. The molecule has 1 N–H and O–H groups in total. The zero-order chi connectivity index (χ0) is 25.9. The highest BCUT2D eigenvalue weighted by molar-refractivity contribution is 7.27. The van der Waals surface area contributed by atoms with Crippen molar-refractivity contribution in [1.82, 2.24) is 9.88 Å². The first-order chi connectivity index (χ1) is 17.3. The zero-order valence-corrected chi connectivity index (χ0v) is 22.1. The van der Waals surface area contributed by atoms with Crippen LogP contribution in [0.25, 0.3) is 0 Å². The number of aromatic nitrogens is 1. The Bertz CT molecular complexity index is 1250. The van der Waals surface area contributed by atoms with Crippen LogP contribution in [-0.2, 0) is 0 Å². The van der Waals surface area contributed by atoms with E-state index in [-0.39, 0.29) is 22.3 Å². The van der Waals surface area contributed by atoms with Gasteiger partial charge in [0.1, 0.15) is 11.6 Å². The highest BCUT2D eigenvalue weighted by atomic mass is 35.5. The van der Waals surface area contributed by atoms with E-state index < -0.39 is 5.82 Å². The van der Waals surface area contributed by atoms with Crippen LogP contribution in [0.2, 0.25) is 5.02 Å². The van der Waals surface area contributed by atoms with E-state index in [4.69, 9.17) is 11.6 Å². The number of nitrogens with one attached hydrogen (secondary N) is 1. The molecule has 5 rings (SSSR count). The van der Waals surface area contributed by atoms with Crippen LogP contribution in [0.15, 0.2) is 85.8 Å². The Hall–Kier alpha value is -2.95. The van der Waals surface area contributed by atoms with Crippen molar-refractivity contribution in [1.29, 1.82) is 0 Å². The molecule has 0 amide bonds. The molecular weight excluding hydrogens is 497 g/mol. The summed E-state index contributed by atoms with van der Waals surface area (Å²) >= 11 is 6.03. The Kier molecular flexibility index (Phi) is 7.97. The van der Waals surface area contributed by atoms with E-state index in [9.17, 15) is 8.78 Å². The van der Waals surface area contributed by atoms with Crippen molar-refractivity contribution in [3.05, 3.63) is 108 Å². The van der Waals surface area contributed by atoms with Crippen LogP contribution in [0.5, 0.6) is 0 Å². The van der Waals surface area contributed by atoms with Crippen molar-refractivity contribution >= 4 is 37.5 Å². The summed E-state index contributed by atoms with van der Waals surface area (Å²) in [4.78, 5) is 9.01. The average Bonchev–Trinajstić information content (AvgIpc) is 2.91. The Morgan fingerprint density at radius 3 is 2.42 bits per heavy atom. The standard InChI is InChI=1S/C21H21ClFN3.C7H9FNP/c1-3-25-12-9-21(10-13-25)15(2)26(16-7-8-18(23)17(22)14-16)20(21)19-6-4-5-11-24-19;1-9-5-2-3-6(8)7(10)4-5/h3-8,11,14,20H,1-2,9-10,12-13H2;2-4,9H,10H2,1H3. The first kappa shape index (κ1) is 26.1. The minimum atomic E-state index is -0.412. The lowest BCUT2D eigenvalue weighted by Crippen LogP contribution is -2.60. The number of anilines is 2. The van der Waals surface area contributed by atoms with E-state index in [1.54, 1.807) is 31.3 Å². The molecule has 2 fully saturated rings. The lowest BCUT2D eigenvalue weighted by atomic mass is 9.61. The lowest BCUT2D eigenvalue weighted by Gasteiger charge is -2.62. The molecule has 3 aromatic rings. The van der Waals surface area contributed by atoms with Crippen molar-refractivity contribution < 1.29 is 8.78 Å². The summed E-state index contributed by atoms with van der Waals surface area (Å²) in [7, 11) is 4.14. The van der Waals surface area contributed by atoms with Gasteiger partial charge in [-0.25, -0.2) is 8.78 Å². The third kappa shape index (κ3) is 4.98. The fraction of sp³-hybridized carbons (Fsp3) is 0.250. The van der Waals surface area contributed by atoms with Crippen LogP contribution < -0.4 is 15.5 Å². The molecular formula is C28H30ClF2N4P. The van der Waals surface area contributed by atoms with Gasteiger partial charge in [0.05, 0.1) is 16.8 Å². The van der Waals surface area contributed by atoms with E-state index >= 15 is 0 Å². The molecule has 188 valence electrons. The molecule has 2 aliphatic rings. The van der Waals surface area contributed by atoms with Gasteiger partial charge in [0.15, 0.2) is 0 Å². The molecule has 0 bridgehead atoms. The Morgan fingerprint density at radius 2 is 1.83 bits per heavy atom. The van der Waals surface area contributed by atoms with Crippen LogP contribution in [-0.4, -0.2) is 30.0 Å². The quantitative estimate of drug-likeness (QED) is 0.391. The normalized spacial score (nSPS) is 18.2. The SMILES string of the molecule is C=CN1CCC2(CC1)C(=C)N(c1ccc(F)c(Cl)c1)C2c1ccccn1.CNc1ccc(F)c(P)c1. The summed E-state index contributed by atoms with van der Waals surface area (Å²) in [6.45, 7) is 10.2. The molecule has 0 radical (unpaired) electrons. The number of halogens is 3. The summed E-state index contributed by atoms with van der Waals surface area (Å²) in [5.74, 6) is -0.603. The number of benzene rings is 2. The molecule has 2 aromatic carbocycles. The van der Waals surface area contributed by atoms with Crippen molar-refractivity contribution in [3.8, 4) is 0 Å². The fourth-order valence-electron chi connectivity index (χ4n) is 4.99. The van der Waals surface area contributed by atoms with Crippen molar-refractivity contribution in [2.75, 3.05) is 30.4 Å². The second-order valence-corrected chi connectivity index (χ2v) is 9.96. The topological polar surface area (TPSA) is 31.4 Å². The monoisotopic (exact) mass is 526 g/mol. The predicted octanol–water partition coefficient (Wildman–Crippen LogP) is 6.54. The first-order valence-electron chi connectivity index (χ1n) is 11.7. The molecule has 2 unspecified atom stereocenters. The van der Waals surface area contributed by atoms with E-state index in [1.165, 1.54) is 12.1 Å². The molecule has 1 aromatic heterocycles. The molecule has 1 spiro atoms. The third-order valence-electron chi connectivity index (χ3n) is 7.03. The number of likely N-dealkylation sites (tertiary alicyclic amines) is 1. The highest BCUT2D eigenvalue weighted by Gasteiger charge is 2.58. The Labute approximate surface area is 218 Å². The molecule has 4 nitrogen and oxygen atoms in total. The van der Waals surface area contributed by atoms with Gasteiger partial charge in [-0.1, -0.05) is 30.8 Å². The molecule has 2 atom stereocenters. The fourth-order valence-corrected chi connectivity index (χ4v) is 5.44. The molecule has 3 heterocycles. The average molecular weight is 527 g/mol. The molecule has 2 saturated heterocycles. The first-order valence-corrected chi connectivity index (χ1v) is 12.7. The van der Waals surface area contributed by atoms with Gasteiger partial charge in [0.2, 0.25) is 0 Å². The van der Waals surface area contributed by atoms with Gasteiger partial charge < -0.3 is 15.1 Å². The molecule has 8 heteroatoms. The number of hydrogen-bond acceptors (Lipinski definition) is 4. The summed E-state index contributed by atoms with van der Waals surface area (Å²) in [6.07, 6.45) is 5.70. The van der Waals surface area contributed by atoms with Crippen LogP contribution in [0.1, 0.15) is 24.6 Å². The smallest absolute Gasteiger partial charge is 0.141 e. The van der Waals surface area contributed by atoms with Gasteiger partial charge in [-0.15, -0.1) is 9.24 Å².